The van der Waals surface area contributed by atoms with Gasteiger partial charge in [0.05, 0.1) is 6.04 Å². The fourth-order valence-corrected chi connectivity index (χ4v) is 3.54. The Morgan fingerprint density at radius 2 is 1.43 bits per heavy atom. The van der Waals surface area contributed by atoms with Crippen molar-refractivity contribution in [3.63, 3.8) is 0 Å². The van der Waals surface area contributed by atoms with Gasteiger partial charge in [0, 0.05) is 12.2 Å². The van der Waals surface area contributed by atoms with Gasteiger partial charge in [-0.3, -0.25) is 14.4 Å². The Bertz CT molecular complexity index is 864. The molecule has 0 spiro atoms. The Morgan fingerprint density at radius 1 is 0.914 bits per heavy atom. The first-order valence-corrected chi connectivity index (χ1v) is 12.3. The predicted octanol–water partition coefficient (Wildman–Crippen LogP) is 0.823. The highest BCUT2D eigenvalue weighted by Gasteiger charge is 2.31. The number of hydrogen-bond acceptors (Lipinski definition) is 7. The van der Waals surface area contributed by atoms with Crippen molar-refractivity contribution in [1.82, 2.24) is 16.0 Å². The first-order chi connectivity index (χ1) is 16.4. The third-order valence-corrected chi connectivity index (χ3v) is 6.07. The number of phenolic OH excluding ortho intramolecular Hbond substituents is 1. The van der Waals surface area contributed by atoms with Crippen LogP contribution in [0, 0.1) is 11.8 Å². The predicted molar refractivity (Wildman–Crippen MR) is 136 cm³/mol. The van der Waals surface area contributed by atoms with Crippen LogP contribution in [-0.4, -0.2) is 63.8 Å². The number of hydrogen-bond donors (Lipinski definition) is 7. The van der Waals surface area contributed by atoms with Gasteiger partial charge in [0.1, 0.15) is 23.9 Å². The lowest BCUT2D eigenvalue weighted by atomic mass is 9.97. The van der Waals surface area contributed by atoms with Gasteiger partial charge in [-0.05, 0) is 36.0 Å². The summed E-state index contributed by atoms with van der Waals surface area (Å²) in [5, 5.41) is 26.5. The molecule has 196 valence electrons. The van der Waals surface area contributed by atoms with Gasteiger partial charge in [-0.15, -0.1) is 0 Å². The molecular formula is C24H38N4O6S. The lowest BCUT2D eigenvalue weighted by Gasteiger charge is -2.27. The molecule has 0 aliphatic rings. The Kier molecular flexibility index (Phi) is 12.6. The molecule has 5 atom stereocenters. The van der Waals surface area contributed by atoms with Crippen molar-refractivity contribution in [3.05, 3.63) is 29.8 Å². The molecule has 7 N–H and O–H groups in total. The molecule has 0 bridgehead atoms. The fourth-order valence-electron chi connectivity index (χ4n) is 3.29. The third-order valence-electron chi connectivity index (χ3n) is 5.71. The number of rotatable bonds is 14. The molecule has 0 saturated heterocycles. The zero-order valence-electron chi connectivity index (χ0n) is 20.7. The van der Waals surface area contributed by atoms with Gasteiger partial charge in [-0.2, -0.15) is 12.6 Å². The molecule has 5 unspecified atom stereocenters. The van der Waals surface area contributed by atoms with Crippen LogP contribution >= 0.6 is 12.6 Å². The Labute approximate surface area is 211 Å². The van der Waals surface area contributed by atoms with E-state index in [-0.39, 0.29) is 29.8 Å². The number of nitrogens with two attached hydrogens (primary N) is 1. The molecule has 0 radical (unpaired) electrons. The number of aliphatic carboxylic acids is 1. The maximum Gasteiger partial charge on any atom is 0.327 e. The summed E-state index contributed by atoms with van der Waals surface area (Å²) in [6.07, 6.45) is 1.04. The molecule has 0 heterocycles. The van der Waals surface area contributed by atoms with E-state index in [1.54, 1.807) is 12.1 Å². The normalized spacial score (nSPS) is 15.4. The summed E-state index contributed by atoms with van der Waals surface area (Å²) in [4.78, 5) is 50.2. The number of aromatic hydroxyl groups is 1. The molecule has 1 aromatic carbocycles. The fraction of sp³-hybridized carbons (Fsp3) is 0.583. The molecule has 35 heavy (non-hydrogen) atoms. The smallest absolute Gasteiger partial charge is 0.327 e. The molecule has 0 aliphatic carbocycles. The topological polar surface area (TPSA) is 171 Å². The highest BCUT2D eigenvalue weighted by molar-refractivity contribution is 7.80. The number of carboxylic acids is 1. The van der Waals surface area contributed by atoms with Gasteiger partial charge < -0.3 is 31.9 Å². The highest BCUT2D eigenvalue weighted by Crippen LogP contribution is 2.13. The van der Waals surface area contributed by atoms with Crippen LogP contribution < -0.4 is 21.7 Å². The minimum atomic E-state index is -1.26. The second kappa shape index (κ2) is 14.6. The number of amides is 3. The molecule has 0 saturated carbocycles. The van der Waals surface area contributed by atoms with Crippen LogP contribution in [0.5, 0.6) is 5.75 Å². The monoisotopic (exact) mass is 510 g/mol. The van der Waals surface area contributed by atoms with Crippen LogP contribution in [-0.2, 0) is 25.6 Å². The molecule has 11 heteroatoms. The van der Waals surface area contributed by atoms with E-state index in [4.69, 9.17) is 5.73 Å². The Morgan fingerprint density at radius 3 is 1.91 bits per heavy atom. The van der Waals surface area contributed by atoms with Crippen molar-refractivity contribution in [3.8, 4) is 5.75 Å². The Hall–Kier alpha value is -2.79. The average Bonchev–Trinajstić information content (AvgIpc) is 2.81. The zero-order chi connectivity index (χ0) is 26.7. The lowest BCUT2D eigenvalue weighted by Crippen LogP contribution is -2.58. The van der Waals surface area contributed by atoms with Gasteiger partial charge >= 0.3 is 5.97 Å². The van der Waals surface area contributed by atoms with Crippen LogP contribution in [0.4, 0.5) is 0 Å². The van der Waals surface area contributed by atoms with E-state index in [9.17, 15) is 29.4 Å². The molecule has 3 amide bonds. The summed E-state index contributed by atoms with van der Waals surface area (Å²) in [6, 6.07) is 1.96. The Balaban J connectivity index is 3.13. The van der Waals surface area contributed by atoms with E-state index in [0.717, 1.165) is 0 Å². The highest BCUT2D eigenvalue weighted by atomic mass is 32.1. The maximum atomic E-state index is 13.2. The van der Waals surface area contributed by atoms with Crippen molar-refractivity contribution in [2.75, 3.05) is 5.75 Å². The summed E-state index contributed by atoms with van der Waals surface area (Å²) >= 11 is 3.96. The minimum absolute atomic E-state index is 0.0332. The molecule has 10 nitrogen and oxygen atoms in total. The number of carbonyl (C=O) groups excluding carboxylic acids is 3. The number of nitrogens with one attached hydrogen (secondary N) is 3. The SMILES string of the molecule is CCC(C)C(N)C(=O)NC(CC(C)C)C(=O)NC(Cc1ccc(O)cc1)C(=O)NC(CS)C(=O)O. The van der Waals surface area contributed by atoms with E-state index >= 15 is 0 Å². The van der Waals surface area contributed by atoms with Crippen LogP contribution in [0.1, 0.15) is 46.1 Å². The average molecular weight is 511 g/mol. The number of thiol groups is 1. The zero-order valence-corrected chi connectivity index (χ0v) is 21.5. The maximum absolute atomic E-state index is 13.2. The van der Waals surface area contributed by atoms with Gasteiger partial charge in [-0.1, -0.05) is 46.2 Å². The van der Waals surface area contributed by atoms with E-state index in [1.807, 2.05) is 27.7 Å². The van der Waals surface area contributed by atoms with E-state index < -0.39 is 47.9 Å². The number of benzene rings is 1. The standard InChI is InChI=1S/C24H38N4O6S/c1-5-14(4)20(25)23(32)27-17(10-13(2)3)21(30)26-18(11-15-6-8-16(29)9-7-15)22(31)28-19(12-35)24(33)34/h6-9,13-14,17-20,29,35H,5,10-12,25H2,1-4H3,(H,26,30)(H,27,32)(H,28,31)(H,33,34). The van der Waals surface area contributed by atoms with Gasteiger partial charge in [0.2, 0.25) is 17.7 Å². The van der Waals surface area contributed by atoms with Crippen LogP contribution in [0.2, 0.25) is 0 Å². The van der Waals surface area contributed by atoms with E-state index in [2.05, 4.69) is 28.6 Å². The molecule has 1 aromatic rings. The minimum Gasteiger partial charge on any atom is -0.508 e. The third kappa shape index (κ3) is 10.2. The lowest BCUT2D eigenvalue weighted by molar-refractivity contribution is -0.141. The van der Waals surface area contributed by atoms with Crippen molar-refractivity contribution < 1.29 is 29.4 Å². The molecule has 0 fully saturated rings. The molecule has 1 rings (SSSR count). The summed E-state index contributed by atoms with van der Waals surface area (Å²) < 4.78 is 0. The van der Waals surface area contributed by atoms with Gasteiger partial charge in [-0.25, -0.2) is 4.79 Å². The molecule has 0 aromatic heterocycles. The van der Waals surface area contributed by atoms with Gasteiger partial charge in [0.15, 0.2) is 0 Å². The molecule has 0 aliphatic heterocycles. The van der Waals surface area contributed by atoms with Crippen LogP contribution in [0.25, 0.3) is 0 Å². The number of carboxylic acid groups (broad SMARTS) is 1. The number of phenols is 1. The van der Waals surface area contributed by atoms with Crippen molar-refractivity contribution in [2.24, 2.45) is 17.6 Å². The van der Waals surface area contributed by atoms with Crippen molar-refractivity contribution in [2.45, 2.75) is 71.1 Å². The van der Waals surface area contributed by atoms with Gasteiger partial charge in [0.25, 0.3) is 0 Å². The first kappa shape index (κ1) is 30.2. The summed E-state index contributed by atoms with van der Waals surface area (Å²) in [5.41, 5.74) is 6.65. The summed E-state index contributed by atoms with van der Waals surface area (Å²) in [7, 11) is 0. The summed E-state index contributed by atoms with van der Waals surface area (Å²) in [5.74, 6) is -3.14. The van der Waals surface area contributed by atoms with E-state index in [1.165, 1.54) is 12.1 Å². The van der Waals surface area contributed by atoms with Crippen molar-refractivity contribution in [1.29, 1.82) is 0 Å². The largest absolute Gasteiger partial charge is 0.508 e. The quantitative estimate of drug-likeness (QED) is 0.182. The van der Waals surface area contributed by atoms with Crippen molar-refractivity contribution >= 4 is 36.3 Å². The van der Waals surface area contributed by atoms with Crippen LogP contribution in [0.15, 0.2) is 24.3 Å². The van der Waals surface area contributed by atoms with Crippen LogP contribution in [0.3, 0.4) is 0 Å². The van der Waals surface area contributed by atoms with E-state index in [0.29, 0.717) is 18.4 Å². The summed E-state index contributed by atoms with van der Waals surface area (Å²) in [6.45, 7) is 7.55. The molecular weight excluding hydrogens is 472 g/mol. The number of carbonyl (C=O) groups is 4. The first-order valence-electron chi connectivity index (χ1n) is 11.7. The second-order valence-corrected chi connectivity index (χ2v) is 9.48. The second-order valence-electron chi connectivity index (χ2n) is 9.12.